The van der Waals surface area contributed by atoms with E-state index in [2.05, 4.69) is 15.6 Å². The first kappa shape index (κ1) is 17.5. The van der Waals surface area contributed by atoms with Gasteiger partial charge in [0.05, 0.1) is 17.3 Å². The fourth-order valence-corrected chi connectivity index (χ4v) is 2.44. The van der Waals surface area contributed by atoms with Gasteiger partial charge < -0.3 is 10.6 Å². The van der Waals surface area contributed by atoms with E-state index in [1.54, 1.807) is 12.1 Å². The third kappa shape index (κ3) is 4.22. The molecular weight excluding hydrogens is 336 g/mol. The van der Waals surface area contributed by atoms with Gasteiger partial charge in [0.1, 0.15) is 17.5 Å². The summed E-state index contributed by atoms with van der Waals surface area (Å²) in [5, 5.41) is 5.64. The van der Waals surface area contributed by atoms with Crippen molar-refractivity contribution in [1.29, 1.82) is 0 Å². The van der Waals surface area contributed by atoms with E-state index in [4.69, 9.17) is 0 Å². The van der Waals surface area contributed by atoms with Crippen molar-refractivity contribution in [3.8, 4) is 0 Å². The van der Waals surface area contributed by atoms with E-state index in [0.717, 1.165) is 17.7 Å². The van der Waals surface area contributed by atoms with Crippen LogP contribution in [0.25, 0.3) is 0 Å². The smallest absolute Gasteiger partial charge is 0.253 e. The lowest BCUT2D eigenvalue weighted by Gasteiger charge is -2.14. The Balaban J connectivity index is 1.66. The van der Waals surface area contributed by atoms with Crippen molar-refractivity contribution < 1.29 is 13.6 Å². The Morgan fingerprint density at radius 2 is 1.81 bits per heavy atom. The van der Waals surface area contributed by atoms with Gasteiger partial charge in [-0.1, -0.05) is 30.3 Å². The van der Waals surface area contributed by atoms with Gasteiger partial charge in [0.25, 0.3) is 5.91 Å². The molecular formula is C20H17F2N3O. The molecule has 26 heavy (non-hydrogen) atoms. The Bertz CT molecular complexity index is 899. The van der Waals surface area contributed by atoms with E-state index in [-0.39, 0.29) is 17.6 Å². The number of rotatable bonds is 5. The average Bonchev–Trinajstić information content (AvgIpc) is 2.65. The molecule has 1 unspecified atom stereocenters. The minimum Gasteiger partial charge on any atom is -0.345 e. The summed E-state index contributed by atoms with van der Waals surface area (Å²) in [4.78, 5) is 16.4. The zero-order chi connectivity index (χ0) is 18.5. The summed E-state index contributed by atoms with van der Waals surface area (Å²) in [7, 11) is 0. The van der Waals surface area contributed by atoms with E-state index < -0.39 is 11.6 Å². The van der Waals surface area contributed by atoms with Crippen LogP contribution in [0.5, 0.6) is 0 Å². The molecule has 0 aliphatic carbocycles. The van der Waals surface area contributed by atoms with Crippen LogP contribution in [0.3, 0.4) is 0 Å². The highest BCUT2D eigenvalue weighted by Gasteiger charge is 2.12. The number of carbonyl (C=O) groups is 1. The highest BCUT2D eigenvalue weighted by Crippen LogP contribution is 2.19. The van der Waals surface area contributed by atoms with Gasteiger partial charge in [0.15, 0.2) is 0 Å². The van der Waals surface area contributed by atoms with Crippen molar-refractivity contribution >= 4 is 17.4 Å². The molecule has 0 spiro atoms. The molecule has 0 bridgehead atoms. The van der Waals surface area contributed by atoms with Crippen LogP contribution in [0.15, 0.2) is 66.9 Å². The van der Waals surface area contributed by atoms with Gasteiger partial charge in [-0.15, -0.1) is 0 Å². The maximum absolute atomic E-state index is 13.7. The van der Waals surface area contributed by atoms with Gasteiger partial charge in [-0.05, 0) is 36.8 Å². The fourth-order valence-electron chi connectivity index (χ4n) is 2.44. The summed E-state index contributed by atoms with van der Waals surface area (Å²) in [5.41, 5.74) is 1.49. The first-order chi connectivity index (χ1) is 12.5. The van der Waals surface area contributed by atoms with Crippen molar-refractivity contribution in [1.82, 2.24) is 10.3 Å². The van der Waals surface area contributed by atoms with Gasteiger partial charge in [-0.25, -0.2) is 13.8 Å². The molecule has 1 amide bonds. The van der Waals surface area contributed by atoms with Gasteiger partial charge >= 0.3 is 0 Å². The molecule has 1 aromatic heterocycles. The van der Waals surface area contributed by atoms with E-state index >= 15 is 0 Å². The second-order valence-electron chi connectivity index (χ2n) is 5.79. The van der Waals surface area contributed by atoms with Crippen LogP contribution in [-0.4, -0.2) is 10.9 Å². The van der Waals surface area contributed by atoms with Crippen molar-refractivity contribution in [3.63, 3.8) is 0 Å². The fraction of sp³-hybridized carbons (Fsp3) is 0.100. The molecule has 2 aromatic carbocycles. The van der Waals surface area contributed by atoms with Gasteiger partial charge in [0, 0.05) is 12.3 Å². The first-order valence-electron chi connectivity index (χ1n) is 8.07. The second kappa shape index (κ2) is 7.74. The molecule has 0 fully saturated rings. The number of hydrogen-bond acceptors (Lipinski definition) is 3. The first-order valence-corrected chi connectivity index (χ1v) is 8.07. The average molecular weight is 353 g/mol. The number of aromatic nitrogens is 1. The van der Waals surface area contributed by atoms with Crippen LogP contribution in [0, 0.1) is 11.6 Å². The molecule has 1 atom stereocenters. The van der Waals surface area contributed by atoms with Crippen LogP contribution in [0.1, 0.15) is 28.9 Å². The van der Waals surface area contributed by atoms with Crippen molar-refractivity contribution in [2.24, 2.45) is 0 Å². The maximum Gasteiger partial charge on any atom is 0.253 e. The number of pyridine rings is 1. The lowest BCUT2D eigenvalue weighted by molar-refractivity contribution is 0.0939. The van der Waals surface area contributed by atoms with E-state index in [9.17, 15) is 13.6 Å². The minimum absolute atomic E-state index is 0.105. The van der Waals surface area contributed by atoms with Crippen LogP contribution in [0.2, 0.25) is 0 Å². The molecule has 0 aliphatic heterocycles. The summed E-state index contributed by atoms with van der Waals surface area (Å²) in [6, 6.07) is 15.8. The minimum atomic E-state index is -0.717. The van der Waals surface area contributed by atoms with Crippen LogP contribution in [0.4, 0.5) is 20.3 Å². The molecule has 132 valence electrons. The predicted octanol–water partition coefficient (Wildman–Crippen LogP) is 4.59. The van der Waals surface area contributed by atoms with Gasteiger partial charge in [-0.2, -0.15) is 0 Å². The van der Waals surface area contributed by atoms with Gasteiger partial charge in [-0.3, -0.25) is 4.79 Å². The molecule has 0 saturated heterocycles. The number of anilines is 2. The molecule has 0 aliphatic rings. The predicted molar refractivity (Wildman–Crippen MR) is 96.2 cm³/mol. The third-order valence-electron chi connectivity index (χ3n) is 3.87. The summed E-state index contributed by atoms with van der Waals surface area (Å²) >= 11 is 0. The number of benzene rings is 2. The van der Waals surface area contributed by atoms with Gasteiger partial charge in [0.2, 0.25) is 0 Å². The molecule has 0 radical (unpaired) electrons. The van der Waals surface area contributed by atoms with Crippen LogP contribution in [-0.2, 0) is 0 Å². The highest BCUT2D eigenvalue weighted by molar-refractivity contribution is 5.94. The standard InChI is InChI=1S/C20H17F2N3O/c1-13(14-5-3-2-4-6-14)24-20(26)15-7-10-19(23-12-15)25-18-9-8-16(21)11-17(18)22/h2-13H,1H3,(H,23,25)(H,24,26). The maximum atomic E-state index is 13.7. The Labute approximate surface area is 149 Å². The lowest BCUT2D eigenvalue weighted by atomic mass is 10.1. The molecule has 6 heteroatoms. The van der Waals surface area contributed by atoms with E-state index in [1.807, 2.05) is 37.3 Å². The normalized spacial score (nSPS) is 11.7. The second-order valence-corrected chi connectivity index (χ2v) is 5.79. The molecule has 1 heterocycles. The largest absolute Gasteiger partial charge is 0.345 e. The Hall–Kier alpha value is -3.28. The Morgan fingerprint density at radius 1 is 1.04 bits per heavy atom. The van der Waals surface area contributed by atoms with Crippen molar-refractivity contribution in [2.75, 3.05) is 5.32 Å². The Morgan fingerprint density at radius 3 is 2.46 bits per heavy atom. The number of halogens is 2. The van der Waals surface area contributed by atoms with E-state index in [0.29, 0.717) is 11.4 Å². The molecule has 0 saturated carbocycles. The summed E-state index contributed by atoms with van der Waals surface area (Å²) in [6.07, 6.45) is 1.40. The number of amides is 1. The van der Waals surface area contributed by atoms with Crippen LogP contribution >= 0.6 is 0 Å². The topological polar surface area (TPSA) is 54.0 Å². The van der Waals surface area contributed by atoms with Crippen molar-refractivity contribution in [2.45, 2.75) is 13.0 Å². The summed E-state index contributed by atoms with van der Waals surface area (Å²) in [5.74, 6) is -1.28. The monoisotopic (exact) mass is 353 g/mol. The lowest BCUT2D eigenvalue weighted by Crippen LogP contribution is -2.26. The zero-order valence-corrected chi connectivity index (χ0v) is 14.0. The number of nitrogens with one attached hydrogen (secondary N) is 2. The molecule has 4 nitrogen and oxygen atoms in total. The third-order valence-corrected chi connectivity index (χ3v) is 3.87. The molecule has 2 N–H and O–H groups in total. The highest BCUT2D eigenvalue weighted by atomic mass is 19.1. The number of nitrogens with zero attached hydrogens (tertiary/aromatic N) is 1. The summed E-state index contributed by atoms with van der Waals surface area (Å²) in [6.45, 7) is 1.90. The molecule has 3 aromatic rings. The SMILES string of the molecule is CC(NC(=O)c1ccc(Nc2ccc(F)cc2F)nc1)c1ccccc1. The van der Waals surface area contributed by atoms with Crippen molar-refractivity contribution in [3.05, 3.63) is 89.6 Å². The van der Waals surface area contributed by atoms with Crippen LogP contribution < -0.4 is 10.6 Å². The Kier molecular flexibility index (Phi) is 5.22. The summed E-state index contributed by atoms with van der Waals surface area (Å²) < 4.78 is 26.6. The zero-order valence-electron chi connectivity index (χ0n) is 14.0. The van der Waals surface area contributed by atoms with E-state index in [1.165, 1.54) is 12.3 Å². The number of carbonyl (C=O) groups excluding carboxylic acids is 1. The quantitative estimate of drug-likeness (QED) is 0.705. The number of hydrogen-bond donors (Lipinski definition) is 2. The molecule has 3 rings (SSSR count).